The number of carbonyl (C=O) groups is 1. The van der Waals surface area contributed by atoms with Gasteiger partial charge in [-0.3, -0.25) is 0 Å². The maximum Gasteiger partial charge on any atom is 0.407 e. The third-order valence-corrected chi connectivity index (χ3v) is 4.80. The molecule has 1 spiro atoms. The molecule has 1 amide bonds. The lowest BCUT2D eigenvalue weighted by Crippen LogP contribution is -2.43. The zero-order valence-electron chi connectivity index (χ0n) is 11.7. The monoisotopic (exact) mass is 296 g/mol. The lowest BCUT2D eigenvalue weighted by Gasteiger charge is -2.38. The number of hydrogen-bond donors (Lipinski definition) is 1. The van der Waals surface area contributed by atoms with Gasteiger partial charge in [0.05, 0.1) is 0 Å². The lowest BCUT2D eigenvalue weighted by molar-refractivity contribution is 0.0986. The number of anilines is 1. The SMILES string of the molecule is O=C(O)N1CCC2(CC1)CCN(c1ccc(F)c(F)c1)C2. The quantitative estimate of drug-likeness (QED) is 0.866. The third kappa shape index (κ3) is 2.66. The Labute approximate surface area is 122 Å². The third-order valence-electron chi connectivity index (χ3n) is 4.80. The van der Waals surface area contributed by atoms with Crippen molar-refractivity contribution >= 4 is 11.8 Å². The first kappa shape index (κ1) is 14.1. The van der Waals surface area contributed by atoms with Gasteiger partial charge in [-0.05, 0) is 36.8 Å². The summed E-state index contributed by atoms with van der Waals surface area (Å²) in [4.78, 5) is 14.5. The van der Waals surface area contributed by atoms with Gasteiger partial charge in [-0.2, -0.15) is 0 Å². The summed E-state index contributed by atoms with van der Waals surface area (Å²) < 4.78 is 26.3. The summed E-state index contributed by atoms with van der Waals surface area (Å²) in [6, 6.07) is 3.99. The van der Waals surface area contributed by atoms with Crippen LogP contribution in [0.15, 0.2) is 18.2 Å². The van der Waals surface area contributed by atoms with Gasteiger partial charge in [-0.25, -0.2) is 13.6 Å². The number of nitrogens with zero attached hydrogens (tertiary/aromatic N) is 2. The molecule has 1 aromatic rings. The van der Waals surface area contributed by atoms with Gasteiger partial charge in [0.1, 0.15) is 0 Å². The minimum atomic E-state index is -0.861. The molecule has 2 heterocycles. The highest BCUT2D eigenvalue weighted by molar-refractivity contribution is 5.65. The molecule has 114 valence electrons. The first-order chi connectivity index (χ1) is 9.99. The fourth-order valence-corrected chi connectivity index (χ4v) is 3.42. The Hall–Kier alpha value is -1.85. The molecular weight excluding hydrogens is 278 g/mol. The average Bonchev–Trinajstić information content (AvgIpc) is 2.86. The predicted octanol–water partition coefficient (Wildman–Crippen LogP) is 2.94. The molecule has 2 aliphatic rings. The van der Waals surface area contributed by atoms with E-state index < -0.39 is 17.7 Å². The Bertz CT molecular complexity index is 557. The molecular formula is C15H18F2N2O2. The van der Waals surface area contributed by atoms with Gasteiger partial charge in [-0.1, -0.05) is 0 Å². The Balaban J connectivity index is 1.68. The van der Waals surface area contributed by atoms with Crippen molar-refractivity contribution in [1.82, 2.24) is 4.90 Å². The van der Waals surface area contributed by atoms with Gasteiger partial charge in [0.15, 0.2) is 11.6 Å². The molecule has 0 unspecified atom stereocenters. The van der Waals surface area contributed by atoms with Crippen molar-refractivity contribution in [3.8, 4) is 0 Å². The van der Waals surface area contributed by atoms with Crippen LogP contribution in [0.2, 0.25) is 0 Å². The molecule has 21 heavy (non-hydrogen) atoms. The maximum atomic E-state index is 13.3. The van der Waals surface area contributed by atoms with Crippen molar-refractivity contribution in [2.24, 2.45) is 5.41 Å². The molecule has 0 aliphatic carbocycles. The topological polar surface area (TPSA) is 43.8 Å². The van der Waals surface area contributed by atoms with Gasteiger partial charge in [0, 0.05) is 37.9 Å². The first-order valence-electron chi connectivity index (χ1n) is 7.17. The number of halogens is 2. The molecule has 0 bridgehead atoms. The summed E-state index contributed by atoms with van der Waals surface area (Å²) in [7, 11) is 0. The summed E-state index contributed by atoms with van der Waals surface area (Å²) in [6.07, 6.45) is 1.78. The number of likely N-dealkylation sites (tertiary alicyclic amines) is 1. The van der Waals surface area contributed by atoms with E-state index in [1.54, 1.807) is 6.07 Å². The van der Waals surface area contributed by atoms with Crippen LogP contribution in [-0.2, 0) is 0 Å². The zero-order chi connectivity index (χ0) is 15.0. The largest absolute Gasteiger partial charge is 0.465 e. The summed E-state index contributed by atoms with van der Waals surface area (Å²) in [5, 5.41) is 8.99. The molecule has 0 radical (unpaired) electrons. The van der Waals surface area contributed by atoms with E-state index in [9.17, 15) is 13.6 Å². The van der Waals surface area contributed by atoms with Crippen molar-refractivity contribution in [3.63, 3.8) is 0 Å². The maximum absolute atomic E-state index is 13.3. The van der Waals surface area contributed by atoms with Crippen molar-refractivity contribution in [2.45, 2.75) is 19.3 Å². The van der Waals surface area contributed by atoms with Crippen LogP contribution in [0.1, 0.15) is 19.3 Å². The Kier molecular flexibility index (Phi) is 3.47. The molecule has 1 N–H and O–H groups in total. The van der Waals surface area contributed by atoms with Crippen LogP contribution in [0, 0.1) is 17.0 Å². The molecule has 3 rings (SSSR count). The summed E-state index contributed by atoms with van der Waals surface area (Å²) in [5.41, 5.74) is 0.808. The fourth-order valence-electron chi connectivity index (χ4n) is 3.42. The number of rotatable bonds is 1. The minimum Gasteiger partial charge on any atom is -0.465 e. The minimum absolute atomic E-state index is 0.108. The molecule has 0 aromatic heterocycles. The molecule has 2 fully saturated rings. The van der Waals surface area contributed by atoms with Crippen LogP contribution < -0.4 is 4.90 Å². The standard InChI is InChI=1S/C15H18F2N2O2/c16-12-2-1-11(9-13(12)17)19-8-5-15(10-19)3-6-18(7-4-15)14(20)21/h1-2,9H,3-8,10H2,(H,20,21). The van der Waals surface area contributed by atoms with Gasteiger partial charge < -0.3 is 14.9 Å². The highest BCUT2D eigenvalue weighted by atomic mass is 19.2. The fraction of sp³-hybridized carbons (Fsp3) is 0.533. The second-order valence-electron chi connectivity index (χ2n) is 6.04. The van der Waals surface area contributed by atoms with Crippen LogP contribution >= 0.6 is 0 Å². The Morgan fingerprint density at radius 1 is 1.10 bits per heavy atom. The van der Waals surface area contributed by atoms with E-state index >= 15 is 0 Å². The van der Waals surface area contributed by atoms with E-state index in [1.807, 2.05) is 0 Å². The first-order valence-corrected chi connectivity index (χ1v) is 7.17. The van der Waals surface area contributed by atoms with E-state index in [0.717, 1.165) is 38.4 Å². The Morgan fingerprint density at radius 2 is 1.76 bits per heavy atom. The van der Waals surface area contributed by atoms with Gasteiger partial charge in [0.25, 0.3) is 0 Å². The molecule has 2 aliphatic heterocycles. The van der Waals surface area contributed by atoms with Crippen LogP contribution in [0.5, 0.6) is 0 Å². The highest BCUT2D eigenvalue weighted by Crippen LogP contribution is 2.42. The van der Waals surface area contributed by atoms with E-state index in [2.05, 4.69) is 4.90 Å². The molecule has 0 atom stereocenters. The Morgan fingerprint density at radius 3 is 2.38 bits per heavy atom. The summed E-state index contributed by atoms with van der Waals surface area (Å²) in [5.74, 6) is -1.66. The van der Waals surface area contributed by atoms with E-state index in [-0.39, 0.29) is 5.41 Å². The summed E-state index contributed by atoms with van der Waals surface area (Å²) >= 11 is 0. The van der Waals surface area contributed by atoms with Gasteiger partial charge in [0.2, 0.25) is 0 Å². The van der Waals surface area contributed by atoms with Crippen LogP contribution in [0.4, 0.5) is 19.3 Å². The van der Waals surface area contributed by atoms with E-state index in [4.69, 9.17) is 5.11 Å². The van der Waals surface area contributed by atoms with Crippen molar-refractivity contribution in [1.29, 1.82) is 0 Å². The van der Waals surface area contributed by atoms with E-state index in [1.165, 1.54) is 11.0 Å². The highest BCUT2D eigenvalue weighted by Gasteiger charge is 2.41. The van der Waals surface area contributed by atoms with Crippen LogP contribution in [0.25, 0.3) is 0 Å². The molecule has 0 saturated carbocycles. The van der Waals surface area contributed by atoms with E-state index in [0.29, 0.717) is 18.8 Å². The van der Waals surface area contributed by atoms with Gasteiger partial charge in [-0.15, -0.1) is 0 Å². The molecule has 4 nitrogen and oxygen atoms in total. The number of benzene rings is 1. The van der Waals surface area contributed by atoms with Crippen molar-refractivity contribution < 1.29 is 18.7 Å². The van der Waals surface area contributed by atoms with Crippen LogP contribution in [0.3, 0.4) is 0 Å². The number of carboxylic acid groups (broad SMARTS) is 1. The van der Waals surface area contributed by atoms with Crippen LogP contribution in [-0.4, -0.2) is 42.3 Å². The normalized spacial score (nSPS) is 21.0. The number of piperidine rings is 1. The number of amides is 1. The molecule has 1 aromatic carbocycles. The van der Waals surface area contributed by atoms with Crippen molar-refractivity contribution in [2.75, 3.05) is 31.1 Å². The predicted molar refractivity (Wildman–Crippen MR) is 74.5 cm³/mol. The zero-order valence-corrected chi connectivity index (χ0v) is 11.7. The smallest absolute Gasteiger partial charge is 0.407 e. The molecule has 6 heteroatoms. The van der Waals surface area contributed by atoms with Gasteiger partial charge >= 0.3 is 6.09 Å². The van der Waals surface area contributed by atoms with Crippen molar-refractivity contribution in [3.05, 3.63) is 29.8 Å². The average molecular weight is 296 g/mol. The lowest BCUT2D eigenvalue weighted by atomic mass is 9.78. The second-order valence-corrected chi connectivity index (χ2v) is 6.04. The molecule has 2 saturated heterocycles. The number of hydrogen-bond acceptors (Lipinski definition) is 2. The second kappa shape index (κ2) is 5.16. The summed E-state index contributed by atoms with van der Waals surface area (Å²) in [6.45, 7) is 2.70.